The van der Waals surface area contributed by atoms with Crippen molar-refractivity contribution in [1.29, 1.82) is 0 Å². The molecule has 1 fully saturated rings. The van der Waals surface area contributed by atoms with Crippen LogP contribution in [0.25, 0.3) is 0 Å². The van der Waals surface area contributed by atoms with E-state index in [1.807, 2.05) is 0 Å². The van der Waals surface area contributed by atoms with E-state index < -0.39 is 11.0 Å². The highest BCUT2D eigenvalue weighted by Gasteiger charge is 2.24. The van der Waals surface area contributed by atoms with Gasteiger partial charge in [0.1, 0.15) is 6.61 Å². The van der Waals surface area contributed by atoms with Crippen molar-refractivity contribution in [1.82, 2.24) is 5.32 Å². The van der Waals surface area contributed by atoms with Gasteiger partial charge in [-0.25, -0.2) is 4.79 Å². The number of halogens is 1. The van der Waals surface area contributed by atoms with E-state index in [4.69, 9.17) is 4.74 Å². The number of ether oxygens (including phenoxy) is 1. The van der Waals surface area contributed by atoms with Crippen LogP contribution in [0.2, 0.25) is 0 Å². The fraction of sp³-hybridized carbons (Fsp3) is 0.222. The van der Waals surface area contributed by atoms with Crippen LogP contribution in [-0.4, -0.2) is 17.6 Å². The number of cyclic esters (lactones) is 1. The number of carbonyl (C=O) groups excluding carboxylic acids is 1. The second-order valence-corrected chi connectivity index (χ2v) is 3.15. The molecule has 0 radical (unpaired) electrons. The summed E-state index contributed by atoms with van der Waals surface area (Å²) >= 11 is 0. The molecular formula is C9H9ClN2O4. The number of non-ortho nitro benzene ring substituents is 1. The summed E-state index contributed by atoms with van der Waals surface area (Å²) < 4.78 is 4.70. The molecule has 1 aliphatic rings. The first-order chi connectivity index (χ1) is 7.16. The van der Waals surface area contributed by atoms with E-state index in [2.05, 4.69) is 5.32 Å². The number of nitro groups is 1. The maximum absolute atomic E-state index is 10.8. The van der Waals surface area contributed by atoms with E-state index in [1.54, 1.807) is 12.1 Å². The summed E-state index contributed by atoms with van der Waals surface area (Å²) in [5.41, 5.74) is 0.684. The molecule has 0 aliphatic carbocycles. The van der Waals surface area contributed by atoms with Crippen molar-refractivity contribution >= 4 is 24.2 Å². The standard InChI is InChI=1S/C9H8N2O4.ClH/c12-9-10-8(5-15-9)6-2-1-3-7(4-6)11(13)14;/h1-4,8H,5H2,(H,10,12);1H/t8-;/m1./s1. The molecular weight excluding hydrogens is 236 g/mol. The first kappa shape index (κ1) is 12.3. The number of amides is 1. The van der Waals surface area contributed by atoms with Gasteiger partial charge in [0.05, 0.1) is 11.0 Å². The topological polar surface area (TPSA) is 81.5 Å². The zero-order chi connectivity index (χ0) is 10.8. The highest BCUT2D eigenvalue weighted by atomic mass is 35.5. The Morgan fingerprint density at radius 3 is 2.81 bits per heavy atom. The van der Waals surface area contributed by atoms with Crippen LogP contribution in [0.3, 0.4) is 0 Å². The fourth-order valence-electron chi connectivity index (χ4n) is 1.42. The molecule has 1 aromatic rings. The Morgan fingerprint density at radius 2 is 2.25 bits per heavy atom. The van der Waals surface area contributed by atoms with Crippen LogP contribution in [0.4, 0.5) is 10.5 Å². The van der Waals surface area contributed by atoms with Crippen LogP contribution in [0.5, 0.6) is 0 Å². The number of nitrogens with zero attached hydrogens (tertiary/aromatic N) is 1. The maximum atomic E-state index is 10.8. The largest absolute Gasteiger partial charge is 0.447 e. The molecule has 1 aliphatic heterocycles. The molecule has 0 spiro atoms. The van der Waals surface area contributed by atoms with Gasteiger partial charge in [-0.15, -0.1) is 12.4 Å². The zero-order valence-corrected chi connectivity index (χ0v) is 8.90. The third kappa shape index (κ3) is 2.40. The van der Waals surface area contributed by atoms with Gasteiger partial charge in [0, 0.05) is 12.1 Å². The fourth-order valence-corrected chi connectivity index (χ4v) is 1.42. The minimum atomic E-state index is -0.494. The summed E-state index contributed by atoms with van der Waals surface area (Å²) in [6, 6.07) is 5.84. The van der Waals surface area contributed by atoms with E-state index in [9.17, 15) is 14.9 Å². The maximum Gasteiger partial charge on any atom is 0.407 e. The van der Waals surface area contributed by atoms with E-state index in [0.29, 0.717) is 5.56 Å². The summed E-state index contributed by atoms with van der Waals surface area (Å²) in [7, 11) is 0. The number of hydrogen-bond donors (Lipinski definition) is 1. The first-order valence-electron chi connectivity index (χ1n) is 4.34. The molecule has 1 heterocycles. The predicted molar refractivity (Wildman–Crippen MR) is 57.6 cm³/mol. The number of alkyl carbamates (subject to hydrolysis) is 1. The first-order valence-corrected chi connectivity index (χ1v) is 4.34. The Labute approximate surface area is 97.2 Å². The minimum absolute atomic E-state index is 0. The smallest absolute Gasteiger partial charge is 0.407 e. The van der Waals surface area contributed by atoms with Gasteiger partial charge in [0.2, 0.25) is 0 Å². The molecule has 0 unspecified atom stereocenters. The normalized spacial score (nSPS) is 18.2. The second-order valence-electron chi connectivity index (χ2n) is 3.15. The van der Waals surface area contributed by atoms with Gasteiger partial charge in [0.25, 0.3) is 5.69 Å². The van der Waals surface area contributed by atoms with Crippen LogP contribution in [0, 0.1) is 10.1 Å². The minimum Gasteiger partial charge on any atom is -0.447 e. The van der Waals surface area contributed by atoms with E-state index in [-0.39, 0.29) is 30.7 Å². The molecule has 0 bridgehead atoms. The third-order valence-corrected chi connectivity index (χ3v) is 2.16. The van der Waals surface area contributed by atoms with Crippen LogP contribution in [0.1, 0.15) is 11.6 Å². The number of benzene rings is 1. The Morgan fingerprint density at radius 1 is 1.50 bits per heavy atom. The summed E-state index contributed by atoms with van der Waals surface area (Å²) in [6.07, 6.45) is -0.494. The van der Waals surface area contributed by atoms with E-state index >= 15 is 0 Å². The van der Waals surface area contributed by atoms with Crippen LogP contribution in [0.15, 0.2) is 24.3 Å². The molecule has 2 rings (SSSR count). The van der Waals surface area contributed by atoms with Crippen molar-refractivity contribution in [2.45, 2.75) is 6.04 Å². The molecule has 0 aromatic heterocycles. The van der Waals surface area contributed by atoms with Crippen LogP contribution in [-0.2, 0) is 4.74 Å². The van der Waals surface area contributed by atoms with Gasteiger partial charge in [0.15, 0.2) is 0 Å². The zero-order valence-electron chi connectivity index (χ0n) is 8.08. The molecule has 86 valence electrons. The van der Waals surface area contributed by atoms with Crippen molar-refractivity contribution in [3.05, 3.63) is 39.9 Å². The molecule has 1 N–H and O–H groups in total. The lowest BCUT2D eigenvalue weighted by atomic mass is 10.1. The van der Waals surface area contributed by atoms with Crippen molar-refractivity contribution < 1.29 is 14.5 Å². The summed E-state index contributed by atoms with van der Waals surface area (Å²) in [4.78, 5) is 20.8. The van der Waals surface area contributed by atoms with Gasteiger partial charge in [-0.1, -0.05) is 12.1 Å². The van der Waals surface area contributed by atoms with Gasteiger partial charge >= 0.3 is 6.09 Å². The lowest BCUT2D eigenvalue weighted by Gasteiger charge is -2.06. The Balaban J connectivity index is 0.00000128. The average Bonchev–Trinajstić information content (AvgIpc) is 2.65. The Hall–Kier alpha value is -1.82. The summed E-state index contributed by atoms with van der Waals surface area (Å²) in [6.45, 7) is 0.208. The van der Waals surface area contributed by atoms with E-state index in [1.165, 1.54) is 12.1 Å². The Kier molecular flexibility index (Phi) is 3.68. The average molecular weight is 245 g/mol. The molecule has 7 heteroatoms. The van der Waals surface area contributed by atoms with Crippen LogP contribution >= 0.6 is 12.4 Å². The highest BCUT2D eigenvalue weighted by molar-refractivity contribution is 5.85. The number of nitro benzene ring substituents is 1. The number of hydrogen-bond acceptors (Lipinski definition) is 4. The number of rotatable bonds is 2. The predicted octanol–water partition coefficient (Wildman–Crippen LogP) is 1.80. The SMILES string of the molecule is Cl.O=C1N[C@@H](c2cccc([N+](=O)[O-])c2)CO1. The number of nitrogens with one attached hydrogen (secondary N) is 1. The molecule has 6 nitrogen and oxygen atoms in total. The van der Waals surface area contributed by atoms with Crippen LogP contribution < -0.4 is 5.32 Å². The van der Waals surface area contributed by atoms with Gasteiger partial charge < -0.3 is 10.1 Å². The van der Waals surface area contributed by atoms with Gasteiger partial charge in [-0.3, -0.25) is 10.1 Å². The van der Waals surface area contributed by atoms with Crippen molar-refractivity contribution in [2.75, 3.05) is 6.61 Å². The lowest BCUT2D eigenvalue weighted by Crippen LogP contribution is -2.18. The van der Waals surface area contributed by atoms with Crippen molar-refractivity contribution in [3.8, 4) is 0 Å². The molecule has 1 amide bonds. The summed E-state index contributed by atoms with van der Waals surface area (Å²) in [5, 5.41) is 13.1. The lowest BCUT2D eigenvalue weighted by molar-refractivity contribution is -0.384. The van der Waals surface area contributed by atoms with Crippen molar-refractivity contribution in [3.63, 3.8) is 0 Å². The second kappa shape index (κ2) is 4.80. The van der Waals surface area contributed by atoms with Gasteiger partial charge in [-0.2, -0.15) is 0 Å². The van der Waals surface area contributed by atoms with E-state index in [0.717, 1.165) is 0 Å². The highest BCUT2D eigenvalue weighted by Crippen LogP contribution is 2.22. The number of carbonyl (C=O) groups is 1. The van der Waals surface area contributed by atoms with Gasteiger partial charge in [-0.05, 0) is 5.56 Å². The monoisotopic (exact) mass is 244 g/mol. The van der Waals surface area contributed by atoms with Crippen molar-refractivity contribution in [2.24, 2.45) is 0 Å². The Bertz CT molecular complexity index is 424. The third-order valence-electron chi connectivity index (χ3n) is 2.16. The molecule has 1 aromatic carbocycles. The summed E-state index contributed by atoms with van der Waals surface area (Å²) in [5.74, 6) is 0. The molecule has 1 saturated heterocycles. The molecule has 0 saturated carbocycles. The quantitative estimate of drug-likeness (QED) is 0.635. The molecule has 16 heavy (non-hydrogen) atoms. The molecule has 1 atom stereocenters.